The molecule has 0 bridgehead atoms. The van der Waals surface area contributed by atoms with Crippen LogP contribution in [-0.2, 0) is 32.8 Å². The van der Waals surface area contributed by atoms with Gasteiger partial charge in [-0.2, -0.15) is 4.31 Å². The van der Waals surface area contributed by atoms with Crippen LogP contribution in [0.1, 0.15) is 52.9 Å². The first-order valence-electron chi connectivity index (χ1n) is 12.8. The second-order valence-electron chi connectivity index (χ2n) is 9.97. The van der Waals surface area contributed by atoms with Gasteiger partial charge in [0.25, 0.3) is 5.91 Å². The second-order valence-corrected chi connectivity index (χ2v) is 12.0. The van der Waals surface area contributed by atoms with E-state index in [9.17, 15) is 22.8 Å². The van der Waals surface area contributed by atoms with Gasteiger partial charge in [-0.15, -0.1) is 0 Å². The van der Waals surface area contributed by atoms with Crippen molar-refractivity contribution in [2.75, 3.05) is 32.4 Å². The van der Waals surface area contributed by atoms with Crippen molar-refractivity contribution in [3.8, 4) is 5.75 Å². The molecule has 2 aromatic carbocycles. The van der Waals surface area contributed by atoms with Gasteiger partial charge in [0.15, 0.2) is 0 Å². The maximum atomic E-state index is 13.0. The Hall–Kier alpha value is -3.48. The SMILES string of the molecule is CC(c1ccc(COc2cccc3c2CN(C(CCC(=O)O)C(N)=O)C3=O)cc1)N1CCN(S(C)(=O)=O)CC1. The van der Waals surface area contributed by atoms with Crippen LogP contribution in [0.4, 0.5) is 0 Å². The molecule has 0 radical (unpaired) electrons. The molecule has 2 aliphatic heterocycles. The third-order valence-corrected chi connectivity index (χ3v) is 8.74. The second kappa shape index (κ2) is 11.7. The summed E-state index contributed by atoms with van der Waals surface area (Å²) in [6, 6.07) is 12.3. The lowest BCUT2D eigenvalue weighted by molar-refractivity contribution is -0.137. The number of carboxylic acids is 1. The van der Waals surface area contributed by atoms with Crippen LogP contribution in [0.3, 0.4) is 0 Å². The van der Waals surface area contributed by atoms with E-state index in [4.69, 9.17) is 15.6 Å². The van der Waals surface area contributed by atoms with Crippen LogP contribution in [0.5, 0.6) is 5.75 Å². The first-order valence-corrected chi connectivity index (χ1v) is 14.7. The van der Waals surface area contributed by atoms with E-state index in [1.165, 1.54) is 15.5 Å². The molecule has 3 N–H and O–H groups in total. The molecule has 0 spiro atoms. The predicted molar refractivity (Wildman–Crippen MR) is 143 cm³/mol. The minimum Gasteiger partial charge on any atom is -0.489 e. The molecule has 2 aromatic rings. The average molecular weight is 559 g/mol. The van der Waals surface area contributed by atoms with Gasteiger partial charge in [0, 0.05) is 49.8 Å². The van der Waals surface area contributed by atoms with Gasteiger partial charge in [0.05, 0.1) is 12.8 Å². The van der Waals surface area contributed by atoms with E-state index in [-0.39, 0.29) is 37.9 Å². The molecule has 4 rings (SSSR count). The molecule has 2 unspecified atom stereocenters. The van der Waals surface area contributed by atoms with Crippen molar-refractivity contribution in [3.63, 3.8) is 0 Å². The van der Waals surface area contributed by atoms with Crippen molar-refractivity contribution in [3.05, 3.63) is 64.7 Å². The van der Waals surface area contributed by atoms with E-state index < -0.39 is 27.9 Å². The highest BCUT2D eigenvalue weighted by atomic mass is 32.2. The van der Waals surface area contributed by atoms with Crippen LogP contribution >= 0.6 is 0 Å². The summed E-state index contributed by atoms with van der Waals surface area (Å²) in [4.78, 5) is 39.6. The van der Waals surface area contributed by atoms with Crippen molar-refractivity contribution < 1.29 is 32.6 Å². The number of carbonyl (C=O) groups is 3. The molecule has 11 nitrogen and oxygen atoms in total. The zero-order chi connectivity index (χ0) is 28.3. The highest BCUT2D eigenvalue weighted by Crippen LogP contribution is 2.33. The summed E-state index contributed by atoms with van der Waals surface area (Å²) in [6.45, 7) is 4.78. The lowest BCUT2D eigenvalue weighted by Gasteiger charge is -2.37. The molecule has 0 saturated carbocycles. The summed E-state index contributed by atoms with van der Waals surface area (Å²) < 4.78 is 31.1. The lowest BCUT2D eigenvalue weighted by Crippen LogP contribution is -2.48. The Morgan fingerprint density at radius 3 is 2.33 bits per heavy atom. The van der Waals surface area contributed by atoms with E-state index in [0.717, 1.165) is 11.1 Å². The maximum Gasteiger partial charge on any atom is 0.303 e. The molecular weight excluding hydrogens is 524 g/mol. The minimum absolute atomic E-state index is 0.0568. The standard InChI is InChI=1S/C27H34N4O7S/c1-18(29-12-14-30(15-13-29)39(2,36)37)20-8-6-19(7-9-20)17-38-24-5-3-4-21-22(24)16-31(27(21)35)23(26(28)34)10-11-25(32)33/h3-9,18,23H,10-17H2,1-2H3,(H2,28,34)(H,32,33). The monoisotopic (exact) mass is 558 g/mol. The number of benzene rings is 2. The summed E-state index contributed by atoms with van der Waals surface area (Å²) in [7, 11) is -3.17. The summed E-state index contributed by atoms with van der Waals surface area (Å²) >= 11 is 0. The Kier molecular flexibility index (Phi) is 8.57. The number of nitrogens with two attached hydrogens (primary N) is 1. The number of ether oxygens (including phenoxy) is 1. The number of primary amides is 1. The van der Waals surface area contributed by atoms with Crippen LogP contribution in [-0.4, -0.2) is 83.9 Å². The van der Waals surface area contributed by atoms with Gasteiger partial charge >= 0.3 is 5.97 Å². The molecule has 2 atom stereocenters. The number of hydrogen-bond acceptors (Lipinski definition) is 7. The number of amides is 2. The van der Waals surface area contributed by atoms with Crippen molar-refractivity contribution in [1.82, 2.24) is 14.1 Å². The highest BCUT2D eigenvalue weighted by Gasteiger charge is 2.37. The quantitative estimate of drug-likeness (QED) is 0.422. The fourth-order valence-electron chi connectivity index (χ4n) is 5.11. The maximum absolute atomic E-state index is 13.0. The zero-order valence-electron chi connectivity index (χ0n) is 22.1. The Balaban J connectivity index is 1.38. The Bertz CT molecular complexity index is 1340. The average Bonchev–Trinajstić information content (AvgIpc) is 3.23. The van der Waals surface area contributed by atoms with E-state index in [0.29, 0.717) is 43.1 Å². The van der Waals surface area contributed by atoms with Crippen LogP contribution in [0, 0.1) is 0 Å². The largest absolute Gasteiger partial charge is 0.489 e. The van der Waals surface area contributed by atoms with E-state index in [1.54, 1.807) is 18.2 Å². The predicted octanol–water partition coefficient (Wildman–Crippen LogP) is 1.58. The molecule has 0 aromatic heterocycles. The van der Waals surface area contributed by atoms with Crippen molar-refractivity contribution in [2.24, 2.45) is 5.73 Å². The molecular formula is C27H34N4O7S. The lowest BCUT2D eigenvalue weighted by atomic mass is 10.0. The fourth-order valence-corrected chi connectivity index (χ4v) is 5.94. The van der Waals surface area contributed by atoms with Gasteiger partial charge in [-0.1, -0.05) is 30.3 Å². The number of piperazine rings is 1. The van der Waals surface area contributed by atoms with Crippen LogP contribution in [0.25, 0.3) is 0 Å². The van der Waals surface area contributed by atoms with Gasteiger partial charge in [-0.05, 0) is 36.6 Å². The molecule has 0 aliphatic carbocycles. The molecule has 39 heavy (non-hydrogen) atoms. The zero-order valence-corrected chi connectivity index (χ0v) is 22.9. The van der Waals surface area contributed by atoms with Crippen LogP contribution in [0.2, 0.25) is 0 Å². The number of fused-ring (bicyclic) bond motifs is 1. The van der Waals surface area contributed by atoms with E-state index in [2.05, 4.69) is 11.8 Å². The number of carbonyl (C=O) groups excluding carboxylic acids is 2. The summed E-state index contributed by atoms with van der Waals surface area (Å²) in [5.41, 5.74) is 8.59. The van der Waals surface area contributed by atoms with E-state index in [1.807, 2.05) is 24.3 Å². The Morgan fingerprint density at radius 2 is 1.74 bits per heavy atom. The first-order chi connectivity index (χ1) is 18.5. The Labute approximate surface area is 228 Å². The van der Waals surface area contributed by atoms with Crippen molar-refractivity contribution in [1.29, 1.82) is 0 Å². The van der Waals surface area contributed by atoms with Crippen molar-refractivity contribution >= 4 is 27.8 Å². The molecule has 210 valence electrons. The van der Waals surface area contributed by atoms with Crippen LogP contribution < -0.4 is 10.5 Å². The normalized spacial score (nSPS) is 18.0. The smallest absolute Gasteiger partial charge is 0.303 e. The third kappa shape index (κ3) is 6.57. The molecule has 2 heterocycles. The molecule has 1 saturated heterocycles. The molecule has 2 amide bonds. The van der Waals surface area contributed by atoms with E-state index >= 15 is 0 Å². The minimum atomic E-state index is -3.17. The number of aliphatic carboxylic acids is 1. The summed E-state index contributed by atoms with van der Waals surface area (Å²) in [6.07, 6.45) is 0.909. The summed E-state index contributed by atoms with van der Waals surface area (Å²) in [5.74, 6) is -1.66. The highest BCUT2D eigenvalue weighted by molar-refractivity contribution is 7.88. The summed E-state index contributed by atoms with van der Waals surface area (Å²) in [5, 5.41) is 9.00. The van der Waals surface area contributed by atoms with Gasteiger partial charge in [0.1, 0.15) is 18.4 Å². The van der Waals surface area contributed by atoms with Gasteiger partial charge < -0.3 is 20.5 Å². The first kappa shape index (κ1) is 28.5. The van der Waals surface area contributed by atoms with Crippen LogP contribution in [0.15, 0.2) is 42.5 Å². The van der Waals surface area contributed by atoms with Gasteiger partial charge in [0.2, 0.25) is 15.9 Å². The fraction of sp³-hybridized carbons (Fsp3) is 0.444. The molecule has 1 fully saturated rings. The number of rotatable bonds is 11. The van der Waals surface area contributed by atoms with Gasteiger partial charge in [-0.25, -0.2) is 8.42 Å². The molecule has 12 heteroatoms. The topological polar surface area (TPSA) is 151 Å². The number of carboxylic acid groups (broad SMARTS) is 1. The number of hydrogen-bond donors (Lipinski definition) is 2. The molecule has 2 aliphatic rings. The number of nitrogens with zero attached hydrogens (tertiary/aromatic N) is 3. The number of sulfonamides is 1. The van der Waals surface area contributed by atoms with Gasteiger partial charge in [-0.3, -0.25) is 19.3 Å². The Morgan fingerprint density at radius 1 is 1.08 bits per heavy atom. The third-order valence-electron chi connectivity index (χ3n) is 7.44. The van der Waals surface area contributed by atoms with Crippen molar-refractivity contribution in [2.45, 2.75) is 45.0 Å².